The summed E-state index contributed by atoms with van der Waals surface area (Å²) in [6, 6.07) is 3.34. The van der Waals surface area contributed by atoms with Gasteiger partial charge in [0, 0.05) is 15.0 Å². The molecule has 0 amide bonds. The fourth-order valence-electron chi connectivity index (χ4n) is 1.60. The first-order chi connectivity index (χ1) is 9.66. The van der Waals surface area contributed by atoms with Crippen LogP contribution in [0.5, 0.6) is 0 Å². The Morgan fingerprint density at radius 1 is 1.38 bits per heavy atom. The molecule has 0 saturated carbocycles. The Bertz CT molecular complexity index is 700. The van der Waals surface area contributed by atoms with Crippen molar-refractivity contribution in [3.8, 4) is 0 Å². The SMILES string of the molecule is Cc1sc(Nc2cc(Br)cc(C(F)(F)F)c2)nc1C(=O)O. The number of rotatable bonds is 3. The van der Waals surface area contributed by atoms with Crippen LogP contribution in [0.4, 0.5) is 24.0 Å². The zero-order valence-corrected chi connectivity index (χ0v) is 12.9. The van der Waals surface area contributed by atoms with Gasteiger partial charge in [0.1, 0.15) is 0 Å². The number of anilines is 2. The molecule has 0 saturated heterocycles. The molecule has 4 nitrogen and oxygen atoms in total. The molecule has 0 aliphatic heterocycles. The fourth-order valence-corrected chi connectivity index (χ4v) is 2.92. The van der Waals surface area contributed by atoms with E-state index in [0.29, 0.717) is 4.88 Å². The summed E-state index contributed by atoms with van der Waals surface area (Å²) >= 11 is 4.07. The lowest BCUT2D eigenvalue weighted by atomic mass is 10.2. The van der Waals surface area contributed by atoms with Crippen molar-refractivity contribution in [1.29, 1.82) is 0 Å². The van der Waals surface area contributed by atoms with E-state index in [1.807, 2.05) is 0 Å². The summed E-state index contributed by atoms with van der Waals surface area (Å²) in [5.74, 6) is -1.18. The Balaban J connectivity index is 2.34. The van der Waals surface area contributed by atoms with Gasteiger partial charge in [-0.2, -0.15) is 13.2 Å². The van der Waals surface area contributed by atoms with Crippen LogP contribution in [0.2, 0.25) is 0 Å². The molecule has 1 aromatic heterocycles. The normalized spacial score (nSPS) is 11.5. The fraction of sp³-hybridized carbons (Fsp3) is 0.167. The van der Waals surface area contributed by atoms with Crippen LogP contribution in [0, 0.1) is 6.92 Å². The smallest absolute Gasteiger partial charge is 0.416 e. The minimum absolute atomic E-state index is 0.117. The van der Waals surface area contributed by atoms with Gasteiger partial charge in [-0.3, -0.25) is 0 Å². The van der Waals surface area contributed by atoms with Crippen LogP contribution in [-0.4, -0.2) is 16.1 Å². The lowest BCUT2D eigenvalue weighted by molar-refractivity contribution is -0.137. The average molecular weight is 381 g/mol. The number of aromatic nitrogens is 1. The average Bonchev–Trinajstić information content (AvgIpc) is 2.68. The number of carbonyl (C=O) groups is 1. The molecule has 0 aliphatic rings. The second-order valence-electron chi connectivity index (χ2n) is 4.08. The van der Waals surface area contributed by atoms with E-state index in [9.17, 15) is 18.0 Å². The van der Waals surface area contributed by atoms with Crippen molar-refractivity contribution in [3.63, 3.8) is 0 Å². The molecule has 112 valence electrons. The number of thiazole rings is 1. The standard InChI is InChI=1S/C12H8BrF3N2O2S/c1-5-9(10(19)20)18-11(21-5)17-8-3-6(12(14,15)16)2-7(13)4-8/h2-4H,1H3,(H,17,18)(H,19,20). The third-order valence-electron chi connectivity index (χ3n) is 2.48. The number of benzene rings is 1. The molecule has 0 fully saturated rings. The first-order valence-corrected chi connectivity index (χ1v) is 7.13. The number of aromatic carboxylic acids is 1. The van der Waals surface area contributed by atoms with Crippen molar-refractivity contribution in [1.82, 2.24) is 4.98 Å². The van der Waals surface area contributed by atoms with E-state index in [1.165, 1.54) is 6.07 Å². The molecule has 0 atom stereocenters. The van der Waals surface area contributed by atoms with Gasteiger partial charge in [-0.15, -0.1) is 11.3 Å². The molecule has 21 heavy (non-hydrogen) atoms. The highest BCUT2D eigenvalue weighted by Gasteiger charge is 2.31. The van der Waals surface area contributed by atoms with Gasteiger partial charge in [0.05, 0.1) is 5.56 Å². The number of nitrogens with one attached hydrogen (secondary N) is 1. The van der Waals surface area contributed by atoms with Crippen LogP contribution in [0.15, 0.2) is 22.7 Å². The summed E-state index contributed by atoms with van der Waals surface area (Å²) in [6.07, 6.45) is -4.47. The molecular weight excluding hydrogens is 373 g/mol. The van der Waals surface area contributed by atoms with Crippen LogP contribution in [-0.2, 0) is 6.18 Å². The maximum atomic E-state index is 12.7. The summed E-state index contributed by atoms with van der Waals surface area (Å²) in [6.45, 7) is 1.58. The van der Waals surface area contributed by atoms with E-state index in [4.69, 9.17) is 5.11 Å². The third kappa shape index (κ3) is 3.73. The molecule has 0 spiro atoms. The number of nitrogens with zero attached hydrogens (tertiary/aromatic N) is 1. The van der Waals surface area contributed by atoms with Crippen LogP contribution >= 0.6 is 27.3 Å². The number of carboxylic acid groups (broad SMARTS) is 1. The number of hydrogen-bond acceptors (Lipinski definition) is 4. The summed E-state index contributed by atoms with van der Waals surface area (Å²) in [4.78, 5) is 15.2. The maximum absolute atomic E-state index is 12.7. The number of carboxylic acids is 1. The van der Waals surface area contributed by atoms with Crippen molar-refractivity contribution >= 4 is 44.1 Å². The van der Waals surface area contributed by atoms with E-state index >= 15 is 0 Å². The molecule has 0 aliphatic carbocycles. The predicted molar refractivity (Wildman–Crippen MR) is 76.2 cm³/mol. The summed E-state index contributed by atoms with van der Waals surface area (Å²) < 4.78 is 38.4. The molecule has 1 aromatic carbocycles. The van der Waals surface area contributed by atoms with Gasteiger partial charge in [0.15, 0.2) is 10.8 Å². The van der Waals surface area contributed by atoms with Crippen molar-refractivity contribution in [2.24, 2.45) is 0 Å². The highest BCUT2D eigenvalue weighted by Crippen LogP contribution is 2.35. The zero-order chi connectivity index (χ0) is 15.8. The molecule has 0 bridgehead atoms. The largest absolute Gasteiger partial charge is 0.476 e. The number of alkyl halides is 3. The second kappa shape index (κ2) is 5.64. The highest BCUT2D eigenvalue weighted by molar-refractivity contribution is 9.10. The van der Waals surface area contributed by atoms with Gasteiger partial charge in [-0.05, 0) is 25.1 Å². The third-order valence-corrected chi connectivity index (χ3v) is 3.82. The molecule has 0 unspecified atom stereocenters. The first kappa shape index (κ1) is 15.8. The Hall–Kier alpha value is -1.61. The first-order valence-electron chi connectivity index (χ1n) is 5.52. The predicted octanol–water partition coefficient (Wildman–Crippen LogP) is 4.67. The minimum atomic E-state index is -4.47. The van der Waals surface area contributed by atoms with Crippen LogP contribution in [0.3, 0.4) is 0 Å². The Kier molecular flexibility index (Phi) is 4.24. The van der Waals surface area contributed by atoms with Crippen LogP contribution < -0.4 is 5.32 Å². The van der Waals surface area contributed by atoms with Crippen molar-refractivity contribution < 1.29 is 23.1 Å². The van der Waals surface area contributed by atoms with Gasteiger partial charge in [0.2, 0.25) is 0 Å². The van der Waals surface area contributed by atoms with E-state index in [0.717, 1.165) is 23.5 Å². The highest BCUT2D eigenvalue weighted by atomic mass is 79.9. The van der Waals surface area contributed by atoms with Gasteiger partial charge in [0.25, 0.3) is 0 Å². The monoisotopic (exact) mass is 380 g/mol. The zero-order valence-electron chi connectivity index (χ0n) is 10.5. The molecular formula is C12H8BrF3N2O2S. The molecule has 2 N–H and O–H groups in total. The summed E-state index contributed by atoms with van der Waals surface area (Å²) in [7, 11) is 0. The van der Waals surface area contributed by atoms with Crippen molar-refractivity contribution in [2.75, 3.05) is 5.32 Å². The molecule has 2 rings (SSSR count). The molecule has 0 radical (unpaired) electrons. The van der Waals surface area contributed by atoms with E-state index in [2.05, 4.69) is 26.2 Å². The molecule has 2 aromatic rings. The van der Waals surface area contributed by atoms with Crippen molar-refractivity contribution in [2.45, 2.75) is 13.1 Å². The molecule has 9 heteroatoms. The van der Waals surface area contributed by atoms with Gasteiger partial charge in [-0.1, -0.05) is 15.9 Å². The van der Waals surface area contributed by atoms with Crippen molar-refractivity contribution in [3.05, 3.63) is 38.8 Å². The summed E-state index contributed by atoms with van der Waals surface area (Å²) in [5.41, 5.74) is -0.762. The van der Waals surface area contributed by atoms with Gasteiger partial charge >= 0.3 is 12.1 Å². The Morgan fingerprint density at radius 2 is 2.05 bits per heavy atom. The second-order valence-corrected chi connectivity index (χ2v) is 6.20. The lowest BCUT2D eigenvalue weighted by Crippen LogP contribution is -2.05. The van der Waals surface area contributed by atoms with Crippen LogP contribution in [0.1, 0.15) is 20.9 Å². The number of hydrogen-bond donors (Lipinski definition) is 2. The van der Waals surface area contributed by atoms with E-state index in [-0.39, 0.29) is 21.0 Å². The summed E-state index contributed by atoms with van der Waals surface area (Å²) in [5, 5.41) is 11.8. The quantitative estimate of drug-likeness (QED) is 0.811. The van der Waals surface area contributed by atoms with E-state index in [1.54, 1.807) is 6.92 Å². The van der Waals surface area contributed by atoms with E-state index < -0.39 is 17.7 Å². The number of aryl methyl sites for hydroxylation is 1. The Morgan fingerprint density at radius 3 is 2.57 bits per heavy atom. The molecule has 1 heterocycles. The van der Waals surface area contributed by atoms with Crippen LogP contribution in [0.25, 0.3) is 0 Å². The topological polar surface area (TPSA) is 62.2 Å². The number of halogens is 4. The van der Waals surface area contributed by atoms with Gasteiger partial charge < -0.3 is 10.4 Å². The lowest BCUT2D eigenvalue weighted by Gasteiger charge is -2.10. The minimum Gasteiger partial charge on any atom is -0.476 e. The maximum Gasteiger partial charge on any atom is 0.416 e. The Labute approximate surface area is 129 Å². The van der Waals surface area contributed by atoms with Gasteiger partial charge in [-0.25, -0.2) is 9.78 Å².